The Hall–Kier alpha value is 0.580. The van der Waals surface area contributed by atoms with Crippen molar-refractivity contribution in [1.82, 2.24) is 0 Å². The molecule has 0 aromatic carbocycles. The Labute approximate surface area is 77.3 Å². The largest absolute Gasteiger partial charge is 0.393 e. The van der Waals surface area contributed by atoms with Crippen LogP contribution in [0.2, 0.25) is 0 Å². The van der Waals surface area contributed by atoms with E-state index in [0.29, 0.717) is 0 Å². The molecule has 66 valence electrons. The maximum Gasteiger partial charge on any atom is 0.377 e. The van der Waals surface area contributed by atoms with E-state index < -0.39 is 22.5 Å². The molecule has 0 aliphatic carbocycles. The molecule has 0 amide bonds. The molecule has 9 heteroatoms. The molecular formula is C2H5IO6P2. The molecule has 6 nitrogen and oxygen atoms in total. The Bertz CT molecular complexity index is 191. The fourth-order valence-electron chi connectivity index (χ4n) is 0.212. The van der Waals surface area contributed by atoms with Gasteiger partial charge in [-0.2, -0.15) is 0 Å². The van der Waals surface area contributed by atoms with Crippen LogP contribution in [0.3, 0.4) is 0 Å². The summed E-state index contributed by atoms with van der Waals surface area (Å²) in [7, 11) is -6.41. The van der Waals surface area contributed by atoms with E-state index in [0.717, 1.165) is 0 Å². The minimum atomic E-state index is -3.28. The van der Waals surface area contributed by atoms with Crippen LogP contribution in [0.25, 0.3) is 0 Å². The van der Waals surface area contributed by atoms with Crippen LogP contribution in [-0.4, -0.2) is 15.3 Å². The smallest absolute Gasteiger partial charge is 0.377 e. The Morgan fingerprint density at radius 3 is 2.45 bits per heavy atom. The van der Waals surface area contributed by atoms with Gasteiger partial charge in [0.1, 0.15) is 0 Å². The molecule has 0 aromatic rings. The first-order valence-corrected chi connectivity index (χ1v) is 6.29. The van der Waals surface area contributed by atoms with E-state index in [-0.39, 0.29) is 4.43 Å². The number of alkyl halides is 1. The molecule has 2 unspecified atom stereocenters. The van der Waals surface area contributed by atoms with Gasteiger partial charge in [-0.3, -0.25) is 9.36 Å². The third-order valence-corrected chi connectivity index (χ3v) is 2.86. The molecule has 0 saturated carbocycles. The van der Waals surface area contributed by atoms with E-state index in [4.69, 9.17) is 4.89 Å². The van der Waals surface area contributed by atoms with E-state index >= 15 is 0 Å². The second-order valence-electron chi connectivity index (χ2n) is 1.23. The zero-order valence-corrected chi connectivity index (χ0v) is 9.23. The molecule has 0 spiro atoms. The summed E-state index contributed by atoms with van der Waals surface area (Å²) in [5.74, 6) is -0.738. The Kier molecular flexibility index (Phi) is 6.46. The first-order valence-electron chi connectivity index (χ1n) is 2.27. The molecule has 0 radical (unpaired) electrons. The average Bonchev–Trinajstić information content (AvgIpc) is 1.85. The van der Waals surface area contributed by atoms with Gasteiger partial charge >= 0.3 is 22.5 Å². The van der Waals surface area contributed by atoms with Crippen LogP contribution in [-0.2, 0) is 22.8 Å². The van der Waals surface area contributed by atoms with E-state index in [1.807, 2.05) is 0 Å². The number of hydrogen-bond donors (Lipinski definition) is 1. The summed E-state index contributed by atoms with van der Waals surface area (Å²) in [6.07, 6.45) is 0. The van der Waals surface area contributed by atoms with Gasteiger partial charge in [0.15, 0.2) is 0 Å². The summed E-state index contributed by atoms with van der Waals surface area (Å²) >= 11 is 1.70. The zero-order valence-electron chi connectivity index (χ0n) is 5.07. The van der Waals surface area contributed by atoms with Crippen LogP contribution in [0.5, 0.6) is 0 Å². The molecule has 0 rings (SSSR count). The number of carbonyl (C=O) groups is 1. The van der Waals surface area contributed by atoms with Gasteiger partial charge in [0.2, 0.25) is 0 Å². The van der Waals surface area contributed by atoms with Gasteiger partial charge in [-0.05, 0) is 0 Å². The van der Waals surface area contributed by atoms with Crippen molar-refractivity contribution in [3.8, 4) is 0 Å². The fraction of sp³-hybridized carbons (Fsp3) is 0.500. The minimum Gasteiger partial charge on any atom is -0.393 e. The number of halogens is 1. The molecule has 2 atom stereocenters. The lowest BCUT2D eigenvalue weighted by atomic mass is 10.9. The molecule has 0 aliphatic heterocycles. The van der Waals surface area contributed by atoms with Crippen molar-refractivity contribution < 1.29 is 27.7 Å². The molecule has 11 heavy (non-hydrogen) atoms. The summed E-state index contributed by atoms with van der Waals surface area (Å²) in [4.78, 5) is 18.4. The second-order valence-corrected chi connectivity index (χ2v) is 4.04. The maximum atomic E-state index is 10.4. The normalized spacial score (nSPS) is 15.5. The highest BCUT2D eigenvalue weighted by atomic mass is 127. The van der Waals surface area contributed by atoms with Crippen molar-refractivity contribution in [3.05, 3.63) is 0 Å². The van der Waals surface area contributed by atoms with Crippen molar-refractivity contribution in [2.45, 2.75) is 0 Å². The lowest BCUT2D eigenvalue weighted by molar-refractivity contribution is -0.131. The minimum absolute atomic E-state index is 0.0177. The fourth-order valence-corrected chi connectivity index (χ4v) is 1.66. The lowest BCUT2D eigenvalue weighted by Gasteiger charge is -1.99. The molecular weight excluding hydrogens is 309 g/mol. The van der Waals surface area contributed by atoms with Crippen LogP contribution in [0.4, 0.5) is 0 Å². The first-order chi connectivity index (χ1) is 5.06. The standard InChI is InChI=1S/C2H5IO6P2/c3-1-2(4)8-11(7)9-10(5)6/h10-11H,1H2,(H,5,6). The average molecular weight is 314 g/mol. The zero-order chi connectivity index (χ0) is 8.85. The van der Waals surface area contributed by atoms with Gasteiger partial charge < -0.3 is 9.42 Å². The highest BCUT2D eigenvalue weighted by Gasteiger charge is 2.08. The SMILES string of the molecule is O=C(CI)O[PH](=O)O[PH](=O)O. The topological polar surface area (TPSA) is 89.9 Å². The molecule has 0 aromatic heterocycles. The van der Waals surface area contributed by atoms with Crippen molar-refractivity contribution in [3.63, 3.8) is 0 Å². The molecule has 0 aliphatic rings. The Balaban J connectivity index is 3.70. The van der Waals surface area contributed by atoms with Crippen molar-refractivity contribution in [1.29, 1.82) is 0 Å². The van der Waals surface area contributed by atoms with Crippen LogP contribution >= 0.6 is 39.1 Å². The van der Waals surface area contributed by atoms with E-state index in [2.05, 4.69) is 8.83 Å². The lowest BCUT2D eigenvalue weighted by Crippen LogP contribution is -1.98. The van der Waals surface area contributed by atoms with Gasteiger partial charge in [-0.1, -0.05) is 22.6 Å². The highest BCUT2D eigenvalue weighted by Crippen LogP contribution is 2.36. The summed E-state index contributed by atoms with van der Waals surface area (Å²) in [6, 6.07) is 0. The van der Waals surface area contributed by atoms with Crippen molar-refractivity contribution >= 4 is 45.1 Å². The molecule has 0 saturated heterocycles. The van der Waals surface area contributed by atoms with Gasteiger partial charge in [0.05, 0.1) is 4.43 Å². The highest BCUT2D eigenvalue weighted by molar-refractivity contribution is 14.1. The van der Waals surface area contributed by atoms with Crippen LogP contribution in [0, 0.1) is 0 Å². The Morgan fingerprint density at radius 2 is 2.09 bits per heavy atom. The summed E-state index contributed by atoms with van der Waals surface area (Å²) < 4.78 is 28.2. The van der Waals surface area contributed by atoms with Gasteiger partial charge in [-0.15, -0.1) is 0 Å². The third kappa shape index (κ3) is 6.96. The summed E-state index contributed by atoms with van der Waals surface area (Å²) in [5.41, 5.74) is 0. The number of rotatable bonds is 4. The van der Waals surface area contributed by atoms with Gasteiger partial charge in [0, 0.05) is 0 Å². The van der Waals surface area contributed by atoms with Crippen molar-refractivity contribution in [2.75, 3.05) is 4.43 Å². The molecule has 1 N–H and O–H groups in total. The van der Waals surface area contributed by atoms with Crippen LogP contribution < -0.4 is 0 Å². The quantitative estimate of drug-likeness (QED) is 0.468. The van der Waals surface area contributed by atoms with E-state index in [1.165, 1.54) is 0 Å². The molecule has 0 bridgehead atoms. The number of hydrogen-bond acceptors (Lipinski definition) is 5. The molecule has 0 fully saturated rings. The third-order valence-electron chi connectivity index (χ3n) is 0.477. The van der Waals surface area contributed by atoms with E-state index in [9.17, 15) is 13.9 Å². The van der Waals surface area contributed by atoms with E-state index in [1.54, 1.807) is 22.6 Å². The van der Waals surface area contributed by atoms with Gasteiger partial charge in [-0.25, -0.2) is 8.88 Å². The second kappa shape index (κ2) is 6.14. The number of carbonyl (C=O) groups excluding carboxylic acids is 1. The maximum absolute atomic E-state index is 10.4. The Morgan fingerprint density at radius 1 is 1.55 bits per heavy atom. The van der Waals surface area contributed by atoms with Gasteiger partial charge in [0.25, 0.3) is 0 Å². The summed E-state index contributed by atoms with van der Waals surface area (Å²) in [6.45, 7) is 0. The van der Waals surface area contributed by atoms with Crippen LogP contribution in [0.15, 0.2) is 0 Å². The van der Waals surface area contributed by atoms with Crippen molar-refractivity contribution in [2.24, 2.45) is 0 Å². The molecule has 0 heterocycles. The first kappa shape index (κ1) is 11.6. The predicted octanol–water partition coefficient (Wildman–Crippen LogP) is 0.753. The predicted molar refractivity (Wildman–Crippen MR) is 46.3 cm³/mol. The monoisotopic (exact) mass is 314 g/mol. The van der Waals surface area contributed by atoms with Crippen LogP contribution in [0.1, 0.15) is 0 Å². The summed E-state index contributed by atoms with van der Waals surface area (Å²) in [5, 5.41) is 0.